The van der Waals surface area contributed by atoms with Crippen LogP contribution in [0.2, 0.25) is 0 Å². The van der Waals surface area contributed by atoms with E-state index >= 15 is 0 Å². The zero-order chi connectivity index (χ0) is 11.1. The summed E-state index contributed by atoms with van der Waals surface area (Å²) in [5, 5.41) is 5.33. The quantitative estimate of drug-likeness (QED) is 0.797. The summed E-state index contributed by atoms with van der Waals surface area (Å²) in [5.41, 5.74) is 0.774. The smallest absolute Gasteiger partial charge is 0.315 e. The Hall–Kier alpha value is -1.30. The summed E-state index contributed by atoms with van der Waals surface area (Å²) >= 11 is 1.65. The average Bonchev–Trinajstić information content (AvgIpc) is 2.29. The summed E-state index contributed by atoms with van der Waals surface area (Å²) < 4.78 is 0. The fraction of sp³-hybridized carbons (Fsp3) is 0.444. The van der Waals surface area contributed by atoms with Gasteiger partial charge in [0.25, 0.3) is 0 Å². The topological polar surface area (TPSA) is 66.9 Å². The third kappa shape index (κ3) is 3.75. The molecule has 1 unspecified atom stereocenters. The molecule has 0 aliphatic carbocycles. The first-order valence-electron chi connectivity index (χ1n) is 4.51. The molecule has 0 aromatic carbocycles. The lowest BCUT2D eigenvalue weighted by atomic mass is 10.2. The minimum atomic E-state index is -0.209. The summed E-state index contributed by atoms with van der Waals surface area (Å²) in [6, 6.07) is -0.312. The predicted molar refractivity (Wildman–Crippen MR) is 60.7 cm³/mol. The Morgan fingerprint density at radius 3 is 2.93 bits per heavy atom. The number of amides is 2. The van der Waals surface area contributed by atoms with E-state index in [1.807, 2.05) is 6.26 Å². The van der Waals surface area contributed by atoms with E-state index in [1.54, 1.807) is 37.4 Å². The van der Waals surface area contributed by atoms with Gasteiger partial charge in [-0.25, -0.2) is 4.79 Å². The van der Waals surface area contributed by atoms with Crippen molar-refractivity contribution < 1.29 is 4.79 Å². The third-order valence-corrected chi connectivity index (χ3v) is 2.47. The monoisotopic (exact) mass is 226 g/mol. The van der Waals surface area contributed by atoms with Crippen LogP contribution >= 0.6 is 11.8 Å². The van der Waals surface area contributed by atoms with Gasteiger partial charge in [-0.3, -0.25) is 9.97 Å². The van der Waals surface area contributed by atoms with E-state index in [4.69, 9.17) is 0 Å². The highest BCUT2D eigenvalue weighted by Gasteiger charge is 2.14. The van der Waals surface area contributed by atoms with E-state index in [-0.39, 0.29) is 12.1 Å². The SMILES string of the molecule is CNC(=O)NC(CSC)c1cnccn1. The first-order valence-corrected chi connectivity index (χ1v) is 5.90. The van der Waals surface area contributed by atoms with Crippen LogP contribution in [0.1, 0.15) is 11.7 Å². The van der Waals surface area contributed by atoms with E-state index in [2.05, 4.69) is 20.6 Å². The van der Waals surface area contributed by atoms with E-state index in [0.29, 0.717) is 0 Å². The molecule has 1 atom stereocenters. The van der Waals surface area contributed by atoms with Crippen LogP contribution in [0.25, 0.3) is 0 Å². The van der Waals surface area contributed by atoms with Crippen LogP contribution in [0, 0.1) is 0 Å². The van der Waals surface area contributed by atoms with Gasteiger partial charge >= 0.3 is 6.03 Å². The fourth-order valence-electron chi connectivity index (χ4n) is 1.09. The summed E-state index contributed by atoms with van der Waals surface area (Å²) in [5.74, 6) is 0.770. The van der Waals surface area contributed by atoms with Crippen LogP contribution in [0.3, 0.4) is 0 Å². The van der Waals surface area contributed by atoms with E-state index in [1.165, 1.54) is 0 Å². The van der Waals surface area contributed by atoms with Crippen molar-refractivity contribution in [3.05, 3.63) is 24.3 Å². The Labute approximate surface area is 93.1 Å². The molecule has 1 rings (SSSR count). The molecular weight excluding hydrogens is 212 g/mol. The molecule has 1 heterocycles. The number of carbonyl (C=O) groups excluding carboxylic acids is 1. The number of rotatable bonds is 4. The van der Waals surface area contributed by atoms with Gasteiger partial charge < -0.3 is 10.6 Å². The lowest BCUT2D eigenvalue weighted by Gasteiger charge is -2.16. The maximum Gasteiger partial charge on any atom is 0.315 e. The van der Waals surface area contributed by atoms with E-state index in [9.17, 15) is 4.79 Å². The second-order valence-electron chi connectivity index (χ2n) is 2.86. The van der Waals surface area contributed by atoms with Gasteiger partial charge in [0.1, 0.15) is 0 Å². The molecule has 0 bridgehead atoms. The standard InChI is InChI=1S/C9H14N4OS/c1-10-9(14)13-8(6-15-2)7-5-11-3-4-12-7/h3-5,8H,6H2,1-2H3,(H2,10,13,14). The van der Waals surface area contributed by atoms with E-state index in [0.717, 1.165) is 11.4 Å². The van der Waals surface area contributed by atoms with Gasteiger partial charge in [0.15, 0.2) is 0 Å². The molecule has 1 aromatic heterocycles. The van der Waals surface area contributed by atoms with E-state index < -0.39 is 0 Å². The van der Waals surface area contributed by atoms with Gasteiger partial charge in [-0.1, -0.05) is 0 Å². The molecule has 2 N–H and O–H groups in total. The zero-order valence-electron chi connectivity index (χ0n) is 8.73. The Morgan fingerprint density at radius 2 is 2.40 bits per heavy atom. The van der Waals surface area contributed by atoms with Crippen LogP contribution in [-0.4, -0.2) is 35.1 Å². The molecule has 82 valence electrons. The van der Waals surface area contributed by atoms with Crippen LogP contribution in [0.15, 0.2) is 18.6 Å². The molecule has 5 nitrogen and oxygen atoms in total. The number of nitrogens with zero attached hydrogens (tertiary/aromatic N) is 2. The molecule has 0 aliphatic rings. The molecule has 0 radical (unpaired) electrons. The molecule has 1 aromatic rings. The highest BCUT2D eigenvalue weighted by atomic mass is 32.2. The van der Waals surface area contributed by atoms with Crippen molar-refractivity contribution in [3.8, 4) is 0 Å². The van der Waals surface area contributed by atoms with Crippen LogP contribution in [-0.2, 0) is 0 Å². The molecule has 0 fully saturated rings. The fourth-order valence-corrected chi connectivity index (χ4v) is 1.68. The van der Waals surface area contributed by atoms with Crippen molar-refractivity contribution in [3.63, 3.8) is 0 Å². The number of carbonyl (C=O) groups is 1. The Morgan fingerprint density at radius 1 is 1.60 bits per heavy atom. The number of hydrogen-bond acceptors (Lipinski definition) is 4. The van der Waals surface area contributed by atoms with Crippen molar-refractivity contribution in [2.75, 3.05) is 19.1 Å². The van der Waals surface area contributed by atoms with Gasteiger partial charge in [-0.2, -0.15) is 11.8 Å². The van der Waals surface area contributed by atoms with Crippen LogP contribution < -0.4 is 10.6 Å². The Kier molecular flexibility index (Phi) is 4.89. The third-order valence-electron chi connectivity index (χ3n) is 1.81. The molecular formula is C9H14N4OS. The molecule has 0 spiro atoms. The number of aromatic nitrogens is 2. The van der Waals surface area contributed by atoms with Crippen molar-refractivity contribution in [1.82, 2.24) is 20.6 Å². The average molecular weight is 226 g/mol. The molecule has 0 aliphatic heterocycles. The highest BCUT2D eigenvalue weighted by Crippen LogP contribution is 2.13. The molecule has 6 heteroatoms. The second-order valence-corrected chi connectivity index (χ2v) is 3.77. The first-order chi connectivity index (χ1) is 7.27. The van der Waals surface area contributed by atoms with Crippen molar-refractivity contribution in [2.45, 2.75) is 6.04 Å². The zero-order valence-corrected chi connectivity index (χ0v) is 9.54. The van der Waals surface area contributed by atoms with Crippen molar-refractivity contribution in [1.29, 1.82) is 0 Å². The highest BCUT2D eigenvalue weighted by molar-refractivity contribution is 7.98. The number of hydrogen-bond donors (Lipinski definition) is 2. The minimum Gasteiger partial charge on any atom is -0.341 e. The van der Waals surface area contributed by atoms with Gasteiger partial charge in [0.05, 0.1) is 17.9 Å². The maximum absolute atomic E-state index is 11.2. The normalized spacial score (nSPS) is 11.9. The molecule has 0 saturated heterocycles. The summed E-state index contributed by atoms with van der Waals surface area (Å²) in [6.07, 6.45) is 6.87. The largest absolute Gasteiger partial charge is 0.341 e. The summed E-state index contributed by atoms with van der Waals surface area (Å²) in [6.45, 7) is 0. The lowest BCUT2D eigenvalue weighted by Crippen LogP contribution is -2.37. The minimum absolute atomic E-state index is 0.103. The second kappa shape index (κ2) is 6.23. The van der Waals surface area contributed by atoms with Crippen LogP contribution in [0.5, 0.6) is 0 Å². The number of urea groups is 1. The van der Waals surface area contributed by atoms with Gasteiger partial charge in [-0.15, -0.1) is 0 Å². The Bertz CT molecular complexity index is 306. The van der Waals surface area contributed by atoms with Crippen molar-refractivity contribution >= 4 is 17.8 Å². The maximum atomic E-state index is 11.2. The molecule has 15 heavy (non-hydrogen) atoms. The lowest BCUT2D eigenvalue weighted by molar-refractivity contribution is 0.240. The number of thioether (sulfide) groups is 1. The van der Waals surface area contributed by atoms with Gasteiger partial charge in [-0.05, 0) is 6.26 Å². The van der Waals surface area contributed by atoms with Gasteiger partial charge in [0, 0.05) is 25.2 Å². The van der Waals surface area contributed by atoms with Crippen LogP contribution in [0.4, 0.5) is 4.79 Å². The molecule has 0 saturated carbocycles. The van der Waals surface area contributed by atoms with Gasteiger partial charge in [0.2, 0.25) is 0 Å². The first kappa shape index (κ1) is 11.8. The Balaban J connectivity index is 2.70. The number of nitrogens with one attached hydrogen (secondary N) is 2. The summed E-state index contributed by atoms with van der Waals surface area (Å²) in [4.78, 5) is 19.3. The molecule has 2 amide bonds. The van der Waals surface area contributed by atoms with Crippen molar-refractivity contribution in [2.24, 2.45) is 0 Å². The predicted octanol–water partition coefficient (Wildman–Crippen LogP) is 0.810. The summed E-state index contributed by atoms with van der Waals surface area (Å²) in [7, 11) is 1.59.